The summed E-state index contributed by atoms with van der Waals surface area (Å²) in [4.78, 5) is 35.9. The summed E-state index contributed by atoms with van der Waals surface area (Å²) in [7, 11) is 3.87. The molecule has 0 radical (unpaired) electrons. The Morgan fingerprint density at radius 1 is 1.15 bits per heavy atom. The molecule has 11 heteroatoms. The van der Waals surface area contributed by atoms with Crippen molar-refractivity contribution in [3.63, 3.8) is 0 Å². The maximum absolute atomic E-state index is 12.9. The number of halogens is 1. The standard InChI is InChI=1S/C28H34ClN7O3/c1-17-25(18(2)39-35-17)26-23(29)16-30-28(34-26)33-22-8-5-7-21(15-22)32-27(38)19-10-12-20(13-11-19)31-24(37)9-6-14-36(3)4/h6,9-13,16,21-22H,5,7-8,14-15H2,1-4H3,(H,31,37)(H,32,38)(H,30,33,34)/b9-6+/t21-,22+/m0/s1. The molecule has 2 atom stereocenters. The molecule has 1 aliphatic rings. The van der Waals surface area contributed by atoms with Crippen molar-refractivity contribution in [2.75, 3.05) is 31.3 Å². The number of amides is 2. The molecule has 0 unspecified atom stereocenters. The lowest BCUT2D eigenvalue weighted by Crippen LogP contribution is -2.42. The zero-order valence-corrected chi connectivity index (χ0v) is 23.4. The summed E-state index contributed by atoms with van der Waals surface area (Å²) in [5.41, 5.74) is 3.23. The molecule has 10 nitrogen and oxygen atoms in total. The number of benzene rings is 1. The van der Waals surface area contributed by atoms with Gasteiger partial charge in [0.05, 0.1) is 28.2 Å². The SMILES string of the molecule is Cc1noc(C)c1-c1nc(N[C@@H]2CCC[C@H](NC(=O)c3ccc(NC(=O)/C=C/CN(C)C)cc3)C2)ncc1Cl. The number of anilines is 2. The number of aromatic nitrogens is 3. The van der Waals surface area contributed by atoms with E-state index < -0.39 is 0 Å². The summed E-state index contributed by atoms with van der Waals surface area (Å²) in [5, 5.41) is 13.8. The fourth-order valence-corrected chi connectivity index (χ4v) is 4.78. The summed E-state index contributed by atoms with van der Waals surface area (Å²) in [5.74, 6) is 0.762. The lowest BCUT2D eigenvalue weighted by molar-refractivity contribution is -0.111. The molecule has 0 saturated heterocycles. The molecule has 2 aromatic heterocycles. The Balaban J connectivity index is 1.32. The highest BCUT2D eigenvalue weighted by Crippen LogP contribution is 2.32. The quantitative estimate of drug-likeness (QED) is 0.329. The number of aryl methyl sites for hydroxylation is 2. The molecule has 1 aromatic carbocycles. The van der Waals surface area contributed by atoms with Crippen LogP contribution in [-0.4, -0.2) is 64.6 Å². The lowest BCUT2D eigenvalue weighted by Gasteiger charge is -2.30. The molecule has 1 fully saturated rings. The Labute approximate surface area is 233 Å². The molecule has 2 amide bonds. The van der Waals surface area contributed by atoms with Crippen LogP contribution < -0.4 is 16.0 Å². The van der Waals surface area contributed by atoms with Crippen LogP contribution in [0.2, 0.25) is 5.02 Å². The second kappa shape index (κ2) is 12.9. The second-order valence-electron chi connectivity index (χ2n) is 10.00. The summed E-state index contributed by atoms with van der Waals surface area (Å²) >= 11 is 6.38. The van der Waals surface area contributed by atoms with Gasteiger partial charge in [-0.25, -0.2) is 9.97 Å². The van der Waals surface area contributed by atoms with Crippen molar-refractivity contribution >= 4 is 35.1 Å². The Kier molecular flexibility index (Phi) is 9.32. The topological polar surface area (TPSA) is 125 Å². The van der Waals surface area contributed by atoms with Gasteiger partial charge in [0.15, 0.2) is 0 Å². The number of carbonyl (C=O) groups excluding carboxylic acids is 2. The lowest BCUT2D eigenvalue weighted by atomic mass is 9.91. The normalized spacial score (nSPS) is 17.4. The van der Waals surface area contributed by atoms with E-state index in [9.17, 15) is 9.59 Å². The van der Waals surface area contributed by atoms with Crippen LogP contribution >= 0.6 is 11.6 Å². The van der Waals surface area contributed by atoms with Crippen LogP contribution in [0.4, 0.5) is 11.6 Å². The predicted octanol–water partition coefficient (Wildman–Crippen LogP) is 4.61. The van der Waals surface area contributed by atoms with Gasteiger partial charge in [-0.15, -0.1) is 0 Å². The van der Waals surface area contributed by atoms with Crippen molar-refractivity contribution in [1.82, 2.24) is 25.3 Å². The molecule has 0 spiro atoms. The van der Waals surface area contributed by atoms with Crippen LogP contribution in [0.5, 0.6) is 0 Å². The van der Waals surface area contributed by atoms with Gasteiger partial charge < -0.3 is 25.4 Å². The molecule has 4 rings (SSSR count). The number of hydrogen-bond acceptors (Lipinski definition) is 8. The minimum Gasteiger partial charge on any atom is -0.361 e. The Hall–Kier alpha value is -3.76. The number of likely N-dealkylation sites (N-methyl/N-ethyl adjacent to an activating group) is 1. The van der Waals surface area contributed by atoms with Gasteiger partial charge in [-0.2, -0.15) is 0 Å². The maximum Gasteiger partial charge on any atom is 0.251 e. The summed E-state index contributed by atoms with van der Waals surface area (Å²) in [6.45, 7) is 4.35. The fourth-order valence-electron chi connectivity index (χ4n) is 4.60. The first-order chi connectivity index (χ1) is 18.7. The minimum absolute atomic E-state index is 0.0132. The number of nitrogens with one attached hydrogen (secondary N) is 3. The average Bonchev–Trinajstić information content (AvgIpc) is 3.23. The molecule has 206 valence electrons. The van der Waals surface area contributed by atoms with Crippen molar-refractivity contribution in [2.24, 2.45) is 0 Å². The molecule has 2 heterocycles. The van der Waals surface area contributed by atoms with E-state index in [-0.39, 0.29) is 23.9 Å². The van der Waals surface area contributed by atoms with E-state index in [1.165, 1.54) is 6.08 Å². The van der Waals surface area contributed by atoms with Crippen molar-refractivity contribution in [3.8, 4) is 11.3 Å². The molecular weight excluding hydrogens is 518 g/mol. The van der Waals surface area contributed by atoms with Crippen molar-refractivity contribution < 1.29 is 14.1 Å². The van der Waals surface area contributed by atoms with E-state index in [1.54, 1.807) is 36.5 Å². The van der Waals surface area contributed by atoms with E-state index in [0.29, 0.717) is 45.9 Å². The first-order valence-corrected chi connectivity index (χ1v) is 13.3. The van der Waals surface area contributed by atoms with Gasteiger partial charge in [-0.3, -0.25) is 9.59 Å². The van der Waals surface area contributed by atoms with Crippen LogP contribution in [0.1, 0.15) is 47.5 Å². The van der Waals surface area contributed by atoms with Gasteiger partial charge in [0, 0.05) is 36.0 Å². The van der Waals surface area contributed by atoms with Crippen LogP contribution in [-0.2, 0) is 4.79 Å². The summed E-state index contributed by atoms with van der Waals surface area (Å²) < 4.78 is 5.27. The van der Waals surface area contributed by atoms with Crippen LogP contribution in [0.3, 0.4) is 0 Å². The van der Waals surface area contributed by atoms with Crippen molar-refractivity contribution in [2.45, 2.75) is 51.6 Å². The van der Waals surface area contributed by atoms with Crippen molar-refractivity contribution in [1.29, 1.82) is 0 Å². The highest BCUT2D eigenvalue weighted by atomic mass is 35.5. The second-order valence-corrected chi connectivity index (χ2v) is 10.4. The number of nitrogens with zero attached hydrogens (tertiary/aromatic N) is 4. The Morgan fingerprint density at radius 2 is 1.90 bits per heavy atom. The summed E-state index contributed by atoms with van der Waals surface area (Å²) in [6, 6.07) is 6.99. The maximum atomic E-state index is 12.9. The first-order valence-electron chi connectivity index (χ1n) is 12.9. The van der Waals surface area contributed by atoms with Crippen LogP contribution in [0.15, 0.2) is 47.1 Å². The Morgan fingerprint density at radius 3 is 2.59 bits per heavy atom. The number of rotatable bonds is 9. The first kappa shape index (κ1) is 28.3. The molecule has 3 aromatic rings. The zero-order valence-electron chi connectivity index (χ0n) is 22.6. The molecule has 3 N–H and O–H groups in total. The van der Waals surface area contributed by atoms with E-state index in [0.717, 1.165) is 31.2 Å². The molecule has 39 heavy (non-hydrogen) atoms. The highest BCUT2D eigenvalue weighted by molar-refractivity contribution is 6.33. The highest BCUT2D eigenvalue weighted by Gasteiger charge is 2.25. The molecule has 0 bridgehead atoms. The third-order valence-electron chi connectivity index (χ3n) is 6.51. The smallest absolute Gasteiger partial charge is 0.251 e. The van der Waals surface area contributed by atoms with Crippen LogP contribution in [0, 0.1) is 13.8 Å². The van der Waals surface area contributed by atoms with Gasteiger partial charge in [-0.05, 0) is 77.9 Å². The molecular formula is C28H34ClN7O3. The third kappa shape index (κ3) is 7.64. The van der Waals surface area contributed by atoms with Crippen molar-refractivity contribution in [3.05, 3.63) is 64.7 Å². The largest absolute Gasteiger partial charge is 0.361 e. The van der Waals surface area contributed by atoms with E-state index in [2.05, 4.69) is 31.1 Å². The van der Waals surface area contributed by atoms with Gasteiger partial charge in [-0.1, -0.05) is 22.8 Å². The Bertz CT molecular complexity index is 1320. The monoisotopic (exact) mass is 551 g/mol. The van der Waals surface area contributed by atoms with Gasteiger partial charge >= 0.3 is 0 Å². The van der Waals surface area contributed by atoms with Crippen LogP contribution in [0.25, 0.3) is 11.3 Å². The van der Waals surface area contributed by atoms with Gasteiger partial charge in [0.1, 0.15) is 5.76 Å². The number of hydrogen-bond donors (Lipinski definition) is 3. The minimum atomic E-state index is -0.210. The van der Waals surface area contributed by atoms with E-state index >= 15 is 0 Å². The summed E-state index contributed by atoms with van der Waals surface area (Å²) in [6.07, 6.45) is 8.40. The van der Waals surface area contributed by atoms with E-state index in [4.69, 9.17) is 16.1 Å². The molecule has 1 aliphatic carbocycles. The predicted molar refractivity (Wildman–Crippen MR) is 152 cm³/mol. The van der Waals surface area contributed by atoms with Gasteiger partial charge in [0.2, 0.25) is 11.9 Å². The fraction of sp³-hybridized carbons (Fsp3) is 0.393. The molecule has 1 saturated carbocycles. The van der Waals surface area contributed by atoms with E-state index in [1.807, 2.05) is 32.8 Å². The van der Waals surface area contributed by atoms with Gasteiger partial charge in [0.25, 0.3) is 5.91 Å². The third-order valence-corrected chi connectivity index (χ3v) is 6.79. The molecule has 0 aliphatic heterocycles. The number of carbonyl (C=O) groups is 2. The zero-order chi connectivity index (χ0) is 27.9. The average molecular weight is 552 g/mol.